The van der Waals surface area contributed by atoms with Gasteiger partial charge in [-0.05, 0) is 48.1 Å². The van der Waals surface area contributed by atoms with Gasteiger partial charge in [0.25, 0.3) is 0 Å². The predicted molar refractivity (Wildman–Crippen MR) is 200 cm³/mol. The fourth-order valence-corrected chi connectivity index (χ4v) is 6.29. The second-order valence-corrected chi connectivity index (χ2v) is 13.4. The average Bonchev–Trinajstić information content (AvgIpc) is 3.10. The lowest BCUT2D eigenvalue weighted by Crippen LogP contribution is -2.11. The molecule has 0 amide bonds. The quantitative estimate of drug-likeness (QED) is 0.0474. The molecule has 0 aliphatic carbocycles. The molecular formula is C44H62O3. The van der Waals surface area contributed by atoms with Crippen LogP contribution in [0.1, 0.15) is 169 Å². The van der Waals surface area contributed by atoms with Crippen molar-refractivity contribution in [2.45, 2.75) is 149 Å². The summed E-state index contributed by atoms with van der Waals surface area (Å²) >= 11 is 0. The maximum atomic E-state index is 13.1. The summed E-state index contributed by atoms with van der Waals surface area (Å²) in [5.41, 5.74) is 4.66. The van der Waals surface area contributed by atoms with Crippen LogP contribution in [-0.4, -0.2) is 18.2 Å². The van der Waals surface area contributed by atoms with E-state index >= 15 is 0 Å². The second kappa shape index (κ2) is 24.0. The standard InChI is InChI=1S/C44H62O3/c1-3-5-7-9-11-13-14-16-18-20-24-37-27-29-38(30-28-37)39-31-33-40(34-32-39)42(45)36-43(46)41-25-21-22-26-44(41)47-35-23-19-17-15-12-10-8-6-4-2/h21-22,25-34H,3-20,23-24,35-36H2,1-2H3. The number of hydrogen-bond acceptors (Lipinski definition) is 3. The Morgan fingerprint density at radius 3 is 1.51 bits per heavy atom. The van der Waals surface area contributed by atoms with E-state index in [1.165, 1.54) is 115 Å². The number of carbonyl (C=O) groups is 2. The summed E-state index contributed by atoms with van der Waals surface area (Å²) in [6.07, 6.45) is 25.9. The zero-order valence-electron chi connectivity index (χ0n) is 29.7. The van der Waals surface area contributed by atoms with Gasteiger partial charge in [-0.1, -0.05) is 184 Å². The number of hydrogen-bond donors (Lipinski definition) is 0. The number of carbonyl (C=O) groups excluding carboxylic acids is 2. The Bertz CT molecular complexity index is 1260. The van der Waals surface area contributed by atoms with E-state index in [9.17, 15) is 9.59 Å². The minimum absolute atomic E-state index is 0.161. The molecule has 0 radical (unpaired) electrons. The van der Waals surface area contributed by atoms with Gasteiger partial charge in [0.1, 0.15) is 5.75 Å². The maximum Gasteiger partial charge on any atom is 0.174 e. The molecule has 256 valence electrons. The first-order valence-corrected chi connectivity index (χ1v) is 19.1. The van der Waals surface area contributed by atoms with Gasteiger partial charge in [0, 0.05) is 5.56 Å². The van der Waals surface area contributed by atoms with Crippen LogP contribution in [0.2, 0.25) is 0 Å². The van der Waals surface area contributed by atoms with Gasteiger partial charge >= 0.3 is 0 Å². The predicted octanol–water partition coefficient (Wildman–Crippen LogP) is 13.2. The van der Waals surface area contributed by atoms with E-state index in [2.05, 4.69) is 38.1 Å². The molecule has 0 atom stereocenters. The van der Waals surface area contributed by atoms with Gasteiger partial charge in [0.05, 0.1) is 18.6 Å². The van der Waals surface area contributed by atoms with Gasteiger partial charge in [-0.15, -0.1) is 0 Å². The topological polar surface area (TPSA) is 43.4 Å². The summed E-state index contributed by atoms with van der Waals surface area (Å²) in [7, 11) is 0. The van der Waals surface area contributed by atoms with Crippen LogP contribution in [0.5, 0.6) is 5.75 Å². The Labute approximate surface area is 286 Å². The van der Waals surface area contributed by atoms with Crippen LogP contribution >= 0.6 is 0 Å². The summed E-state index contributed by atoms with van der Waals surface area (Å²) in [5.74, 6) is 0.221. The molecule has 0 saturated heterocycles. The summed E-state index contributed by atoms with van der Waals surface area (Å²) in [4.78, 5) is 26.2. The molecule has 0 heterocycles. The van der Waals surface area contributed by atoms with E-state index in [1.807, 2.05) is 42.5 Å². The van der Waals surface area contributed by atoms with Gasteiger partial charge in [0.2, 0.25) is 0 Å². The van der Waals surface area contributed by atoms with Gasteiger partial charge in [-0.25, -0.2) is 0 Å². The van der Waals surface area contributed by atoms with E-state index in [1.54, 1.807) is 6.07 Å². The number of aryl methyl sites for hydroxylation is 1. The molecule has 0 N–H and O–H groups in total. The smallest absolute Gasteiger partial charge is 0.174 e. The largest absolute Gasteiger partial charge is 0.493 e. The molecule has 0 fully saturated rings. The van der Waals surface area contributed by atoms with Crippen LogP contribution < -0.4 is 4.74 Å². The van der Waals surface area contributed by atoms with E-state index < -0.39 is 0 Å². The Balaban J connectivity index is 1.37. The first-order valence-electron chi connectivity index (χ1n) is 19.1. The van der Waals surface area contributed by atoms with Gasteiger partial charge in [0.15, 0.2) is 11.6 Å². The number of para-hydroxylation sites is 1. The lowest BCUT2D eigenvalue weighted by atomic mass is 9.97. The number of rotatable bonds is 27. The highest BCUT2D eigenvalue weighted by Gasteiger charge is 2.17. The zero-order valence-corrected chi connectivity index (χ0v) is 29.7. The SMILES string of the molecule is CCCCCCCCCCCCc1ccc(-c2ccc(C(=O)CC(=O)c3ccccc3OCCCCCCCCCCC)cc2)cc1. The van der Waals surface area contributed by atoms with Crippen LogP contribution in [-0.2, 0) is 6.42 Å². The second-order valence-electron chi connectivity index (χ2n) is 13.4. The lowest BCUT2D eigenvalue weighted by Gasteiger charge is -2.11. The fourth-order valence-electron chi connectivity index (χ4n) is 6.29. The summed E-state index contributed by atoms with van der Waals surface area (Å²) in [6.45, 7) is 5.12. The highest BCUT2D eigenvalue weighted by Crippen LogP contribution is 2.24. The number of unbranched alkanes of at least 4 members (excludes halogenated alkanes) is 17. The maximum absolute atomic E-state index is 13.1. The Morgan fingerprint density at radius 2 is 0.957 bits per heavy atom. The van der Waals surface area contributed by atoms with Crippen molar-refractivity contribution in [3.05, 3.63) is 89.5 Å². The van der Waals surface area contributed by atoms with Crippen LogP contribution in [0.15, 0.2) is 72.8 Å². The van der Waals surface area contributed by atoms with Crippen molar-refractivity contribution < 1.29 is 14.3 Å². The highest BCUT2D eigenvalue weighted by molar-refractivity contribution is 6.14. The van der Waals surface area contributed by atoms with Crippen molar-refractivity contribution >= 4 is 11.6 Å². The molecule has 0 saturated carbocycles. The monoisotopic (exact) mass is 638 g/mol. The third kappa shape index (κ3) is 15.5. The third-order valence-electron chi connectivity index (χ3n) is 9.33. The van der Waals surface area contributed by atoms with Crippen molar-refractivity contribution in [2.75, 3.05) is 6.61 Å². The van der Waals surface area contributed by atoms with E-state index in [-0.39, 0.29) is 18.0 Å². The van der Waals surface area contributed by atoms with Crippen molar-refractivity contribution in [1.29, 1.82) is 0 Å². The molecule has 3 heteroatoms. The van der Waals surface area contributed by atoms with Gasteiger partial charge in [-0.3, -0.25) is 9.59 Å². The molecule has 3 rings (SSSR count). The molecule has 0 spiro atoms. The van der Waals surface area contributed by atoms with Gasteiger partial charge in [-0.2, -0.15) is 0 Å². The molecule has 3 aromatic rings. The van der Waals surface area contributed by atoms with Crippen LogP contribution in [0.25, 0.3) is 11.1 Å². The van der Waals surface area contributed by atoms with Crippen molar-refractivity contribution in [2.24, 2.45) is 0 Å². The number of ether oxygens (including phenoxy) is 1. The molecule has 0 aromatic heterocycles. The Hall–Kier alpha value is -3.20. The Morgan fingerprint density at radius 1 is 0.489 bits per heavy atom. The number of ketones is 2. The number of benzene rings is 3. The summed E-state index contributed by atoms with van der Waals surface area (Å²) < 4.78 is 6.00. The molecule has 0 bridgehead atoms. The molecule has 3 nitrogen and oxygen atoms in total. The summed E-state index contributed by atoms with van der Waals surface area (Å²) in [5, 5.41) is 0. The first kappa shape index (κ1) is 38.2. The fraction of sp³-hybridized carbons (Fsp3) is 0.545. The molecule has 3 aromatic carbocycles. The first-order chi connectivity index (χ1) is 23.1. The number of Topliss-reactive ketones (excluding diaryl/α,β-unsaturated/α-hetero) is 2. The van der Waals surface area contributed by atoms with E-state index in [4.69, 9.17) is 4.74 Å². The summed E-state index contributed by atoms with van der Waals surface area (Å²) in [6, 6.07) is 23.8. The zero-order chi connectivity index (χ0) is 33.4. The van der Waals surface area contributed by atoms with Crippen LogP contribution in [0.4, 0.5) is 0 Å². The van der Waals surface area contributed by atoms with Crippen molar-refractivity contribution in [3.63, 3.8) is 0 Å². The minimum Gasteiger partial charge on any atom is -0.493 e. The molecular weight excluding hydrogens is 576 g/mol. The molecule has 0 aliphatic heterocycles. The van der Waals surface area contributed by atoms with Crippen molar-refractivity contribution in [3.8, 4) is 16.9 Å². The van der Waals surface area contributed by atoms with Gasteiger partial charge < -0.3 is 4.74 Å². The van der Waals surface area contributed by atoms with Crippen molar-refractivity contribution in [1.82, 2.24) is 0 Å². The molecule has 47 heavy (non-hydrogen) atoms. The minimum atomic E-state index is -0.195. The normalized spacial score (nSPS) is 11.1. The van der Waals surface area contributed by atoms with E-state index in [0.717, 1.165) is 30.4 Å². The molecule has 0 aliphatic rings. The van der Waals surface area contributed by atoms with Crippen LogP contribution in [0.3, 0.4) is 0 Å². The highest BCUT2D eigenvalue weighted by atomic mass is 16.5. The average molecular weight is 639 g/mol. The lowest BCUT2D eigenvalue weighted by molar-refractivity contribution is 0.0892. The molecule has 0 unspecified atom stereocenters. The van der Waals surface area contributed by atoms with E-state index in [0.29, 0.717) is 23.5 Å². The third-order valence-corrected chi connectivity index (χ3v) is 9.33. The Kier molecular flexibility index (Phi) is 19.5. The van der Waals surface area contributed by atoms with Crippen LogP contribution in [0, 0.1) is 0 Å².